The minimum atomic E-state index is 1.13. The highest BCUT2D eigenvalue weighted by atomic mass is 32.1. The van der Waals surface area contributed by atoms with Crippen molar-refractivity contribution in [3.63, 3.8) is 0 Å². The number of thiophene rings is 1. The topological polar surface area (TPSA) is 25.2 Å². The zero-order chi connectivity index (χ0) is 12.7. The summed E-state index contributed by atoms with van der Waals surface area (Å²) in [5, 5.41) is 1.23. The summed E-state index contributed by atoms with van der Waals surface area (Å²) < 4.78 is 1.31. The molecule has 2 aromatic rings. The first-order valence-electron chi connectivity index (χ1n) is 6.14. The van der Waals surface area contributed by atoms with Gasteiger partial charge < -0.3 is 0 Å². The molecule has 17 heavy (non-hydrogen) atoms. The second-order valence-electron chi connectivity index (χ2n) is 3.45. The third kappa shape index (κ3) is 3.13. The van der Waals surface area contributed by atoms with Crippen molar-refractivity contribution in [2.45, 2.75) is 33.6 Å². The average molecular weight is 248 g/mol. The van der Waals surface area contributed by atoms with Crippen LogP contribution in [0.2, 0.25) is 0 Å². The van der Waals surface area contributed by atoms with Crippen molar-refractivity contribution in [1.29, 1.82) is 0 Å². The predicted molar refractivity (Wildman–Crippen MR) is 78.5 cm³/mol. The number of pyridine rings is 1. The van der Waals surface area contributed by atoms with Crippen molar-refractivity contribution in [2.24, 2.45) is 4.99 Å². The van der Waals surface area contributed by atoms with Gasteiger partial charge in [0.2, 0.25) is 0 Å². The Hall–Kier alpha value is -1.22. The number of rotatable bonds is 3. The van der Waals surface area contributed by atoms with Gasteiger partial charge in [-0.25, -0.2) is 0 Å². The average Bonchev–Trinajstić information content (AvgIpc) is 2.72. The van der Waals surface area contributed by atoms with Gasteiger partial charge in [0.25, 0.3) is 0 Å². The molecular weight excluding hydrogens is 228 g/mol. The number of aryl methyl sites for hydroxylation is 1. The Morgan fingerprint density at radius 3 is 2.82 bits per heavy atom. The third-order valence-electron chi connectivity index (χ3n) is 2.34. The van der Waals surface area contributed by atoms with Crippen LogP contribution in [-0.4, -0.2) is 18.2 Å². The van der Waals surface area contributed by atoms with Gasteiger partial charge >= 0.3 is 0 Å². The molecular formula is C14H20N2S. The van der Waals surface area contributed by atoms with E-state index in [0.29, 0.717) is 0 Å². The van der Waals surface area contributed by atoms with Gasteiger partial charge in [-0.05, 0) is 12.5 Å². The van der Waals surface area contributed by atoms with E-state index in [1.54, 1.807) is 0 Å². The molecule has 2 rings (SSSR count). The van der Waals surface area contributed by atoms with Crippen LogP contribution >= 0.6 is 11.3 Å². The SMILES string of the molecule is CC.CCCc1sc2ccncc2c1C=NC. The summed E-state index contributed by atoms with van der Waals surface area (Å²) in [6.07, 6.45) is 8.03. The highest BCUT2D eigenvalue weighted by molar-refractivity contribution is 7.19. The second kappa shape index (κ2) is 7.17. The summed E-state index contributed by atoms with van der Waals surface area (Å²) in [7, 11) is 1.82. The summed E-state index contributed by atoms with van der Waals surface area (Å²) in [5.41, 5.74) is 1.26. The Kier molecular flexibility index (Phi) is 5.84. The lowest BCUT2D eigenvalue weighted by Gasteiger charge is -1.95. The van der Waals surface area contributed by atoms with Gasteiger partial charge in [0.1, 0.15) is 0 Å². The zero-order valence-electron chi connectivity index (χ0n) is 11.0. The Morgan fingerprint density at radius 2 is 2.18 bits per heavy atom. The molecule has 0 aliphatic heterocycles. The smallest absolute Gasteiger partial charge is 0.0383 e. The van der Waals surface area contributed by atoms with Crippen LogP contribution in [0.1, 0.15) is 37.6 Å². The zero-order valence-corrected chi connectivity index (χ0v) is 11.8. The monoisotopic (exact) mass is 248 g/mol. The number of nitrogens with zero attached hydrogens (tertiary/aromatic N) is 2. The Morgan fingerprint density at radius 1 is 1.41 bits per heavy atom. The van der Waals surface area contributed by atoms with E-state index in [9.17, 15) is 0 Å². The van der Waals surface area contributed by atoms with Crippen molar-refractivity contribution in [2.75, 3.05) is 7.05 Å². The van der Waals surface area contributed by atoms with Crippen LogP contribution in [0, 0.1) is 0 Å². The van der Waals surface area contributed by atoms with E-state index in [4.69, 9.17) is 0 Å². The maximum absolute atomic E-state index is 4.17. The lowest BCUT2D eigenvalue weighted by atomic mass is 10.1. The molecule has 0 radical (unpaired) electrons. The first kappa shape index (κ1) is 13.8. The fourth-order valence-electron chi connectivity index (χ4n) is 1.69. The third-order valence-corrected chi connectivity index (χ3v) is 3.59. The molecule has 2 nitrogen and oxygen atoms in total. The van der Waals surface area contributed by atoms with E-state index < -0.39 is 0 Å². The normalized spacial score (nSPS) is 10.6. The van der Waals surface area contributed by atoms with Crippen LogP contribution in [0.4, 0.5) is 0 Å². The van der Waals surface area contributed by atoms with E-state index in [0.717, 1.165) is 6.42 Å². The van der Waals surface area contributed by atoms with Crippen LogP contribution < -0.4 is 0 Å². The molecule has 92 valence electrons. The van der Waals surface area contributed by atoms with E-state index in [-0.39, 0.29) is 0 Å². The van der Waals surface area contributed by atoms with Crippen LogP contribution in [0.15, 0.2) is 23.5 Å². The quantitative estimate of drug-likeness (QED) is 0.742. The fraction of sp³-hybridized carbons (Fsp3) is 0.429. The van der Waals surface area contributed by atoms with Gasteiger partial charge in [-0.15, -0.1) is 11.3 Å². The molecule has 0 aliphatic carbocycles. The Labute approximate surface area is 107 Å². The molecule has 0 fully saturated rings. The molecule has 0 spiro atoms. The van der Waals surface area contributed by atoms with E-state index in [1.807, 2.05) is 50.8 Å². The lowest BCUT2D eigenvalue weighted by Crippen LogP contribution is -1.86. The fourth-order valence-corrected chi connectivity index (χ4v) is 2.94. The number of aliphatic imine (C=N–C) groups is 1. The van der Waals surface area contributed by atoms with Crippen molar-refractivity contribution in [1.82, 2.24) is 4.98 Å². The number of aromatic nitrogens is 1. The van der Waals surface area contributed by atoms with Crippen molar-refractivity contribution in [3.05, 3.63) is 28.9 Å². The van der Waals surface area contributed by atoms with Gasteiger partial charge in [-0.1, -0.05) is 27.2 Å². The maximum Gasteiger partial charge on any atom is 0.0383 e. The highest BCUT2D eigenvalue weighted by Gasteiger charge is 2.09. The van der Waals surface area contributed by atoms with E-state index in [2.05, 4.69) is 23.0 Å². The molecule has 2 aromatic heterocycles. The highest BCUT2D eigenvalue weighted by Crippen LogP contribution is 2.30. The molecule has 2 heterocycles. The van der Waals surface area contributed by atoms with Gasteiger partial charge in [-0.2, -0.15) is 0 Å². The molecule has 0 N–H and O–H groups in total. The number of fused-ring (bicyclic) bond motifs is 1. The Bertz CT molecular complexity index is 486. The maximum atomic E-state index is 4.17. The lowest BCUT2D eigenvalue weighted by molar-refractivity contribution is 0.939. The largest absolute Gasteiger partial charge is 0.296 e. The summed E-state index contributed by atoms with van der Waals surface area (Å²) in [6.45, 7) is 6.20. The molecule has 0 saturated carbocycles. The summed E-state index contributed by atoms with van der Waals surface area (Å²) in [5.74, 6) is 0. The number of hydrogen-bond donors (Lipinski definition) is 0. The summed E-state index contributed by atoms with van der Waals surface area (Å²) >= 11 is 1.86. The molecule has 3 heteroatoms. The molecule has 0 aromatic carbocycles. The van der Waals surface area contributed by atoms with Gasteiger partial charge in [0.15, 0.2) is 0 Å². The molecule has 0 aliphatic rings. The molecule has 0 atom stereocenters. The molecule has 0 unspecified atom stereocenters. The standard InChI is InChI=1S/C12H14N2S.C2H6/c1-3-4-11-9(7-13-2)10-8-14-6-5-12(10)15-11;1-2/h5-8H,3-4H2,1-2H3;1-2H3. The van der Waals surface area contributed by atoms with Crippen molar-refractivity contribution < 1.29 is 0 Å². The van der Waals surface area contributed by atoms with Crippen LogP contribution in [0.5, 0.6) is 0 Å². The Balaban J connectivity index is 0.000000686. The predicted octanol–water partition coefficient (Wildman–Crippen LogP) is 4.32. The number of hydrogen-bond acceptors (Lipinski definition) is 3. The van der Waals surface area contributed by atoms with E-state index in [1.165, 1.54) is 26.9 Å². The van der Waals surface area contributed by atoms with Crippen LogP contribution in [-0.2, 0) is 6.42 Å². The molecule has 0 bridgehead atoms. The van der Waals surface area contributed by atoms with Crippen molar-refractivity contribution in [3.8, 4) is 0 Å². The summed E-state index contributed by atoms with van der Waals surface area (Å²) in [6, 6.07) is 2.08. The molecule has 0 saturated heterocycles. The van der Waals surface area contributed by atoms with Crippen LogP contribution in [0.3, 0.4) is 0 Å². The minimum absolute atomic E-state index is 1.13. The van der Waals surface area contributed by atoms with Crippen molar-refractivity contribution >= 4 is 27.6 Å². The first-order chi connectivity index (χ1) is 8.36. The summed E-state index contributed by atoms with van der Waals surface area (Å²) in [4.78, 5) is 9.72. The van der Waals surface area contributed by atoms with Crippen LogP contribution in [0.25, 0.3) is 10.1 Å². The van der Waals surface area contributed by atoms with Gasteiger partial charge in [0.05, 0.1) is 0 Å². The minimum Gasteiger partial charge on any atom is -0.296 e. The van der Waals surface area contributed by atoms with Gasteiger partial charge in [-0.3, -0.25) is 9.98 Å². The van der Waals surface area contributed by atoms with Gasteiger partial charge in [0, 0.05) is 46.2 Å². The molecule has 0 amide bonds. The van der Waals surface area contributed by atoms with E-state index >= 15 is 0 Å². The first-order valence-corrected chi connectivity index (χ1v) is 6.96. The second-order valence-corrected chi connectivity index (χ2v) is 4.58.